The second-order valence-corrected chi connectivity index (χ2v) is 5.86. The quantitative estimate of drug-likeness (QED) is 0.856. The van der Waals surface area contributed by atoms with Crippen molar-refractivity contribution < 1.29 is 18.7 Å². The fourth-order valence-corrected chi connectivity index (χ4v) is 2.96. The van der Waals surface area contributed by atoms with Gasteiger partial charge < -0.3 is 9.64 Å². The van der Waals surface area contributed by atoms with Gasteiger partial charge in [-0.1, -0.05) is 17.8 Å². The molecule has 0 N–H and O–H groups in total. The minimum absolute atomic E-state index is 0.0272. The molecule has 1 aliphatic rings. The van der Waals surface area contributed by atoms with Crippen LogP contribution in [0.4, 0.5) is 10.1 Å². The van der Waals surface area contributed by atoms with Crippen LogP contribution in [0.2, 0.25) is 0 Å². The van der Waals surface area contributed by atoms with Crippen LogP contribution < -0.4 is 9.64 Å². The van der Waals surface area contributed by atoms with Gasteiger partial charge in [0.05, 0.1) is 7.11 Å². The summed E-state index contributed by atoms with van der Waals surface area (Å²) in [6, 6.07) is 4.48. The van der Waals surface area contributed by atoms with Gasteiger partial charge in [-0.3, -0.25) is 9.59 Å². The lowest BCUT2D eigenvalue weighted by Crippen LogP contribution is -2.26. The molecule has 1 aromatic carbocycles. The molecule has 1 unspecified atom stereocenters. The minimum Gasteiger partial charge on any atom is -0.494 e. The third kappa shape index (κ3) is 3.12. The number of halogens is 1. The van der Waals surface area contributed by atoms with Crippen LogP contribution in [0.25, 0.3) is 0 Å². The molecule has 0 saturated carbocycles. The van der Waals surface area contributed by atoms with Gasteiger partial charge in [0, 0.05) is 25.6 Å². The van der Waals surface area contributed by atoms with Crippen LogP contribution in [0.1, 0.15) is 13.3 Å². The highest BCUT2D eigenvalue weighted by Crippen LogP contribution is 2.35. The number of anilines is 1. The summed E-state index contributed by atoms with van der Waals surface area (Å²) in [5.41, 5.74) is 0.190. The molecule has 1 aromatic rings. The molecule has 4 nitrogen and oxygen atoms in total. The number of hydrogen-bond donors (Lipinski definition) is 0. The Labute approximate surface area is 121 Å². The molecule has 6 heteroatoms. The van der Waals surface area contributed by atoms with Gasteiger partial charge in [0.15, 0.2) is 10.9 Å². The van der Waals surface area contributed by atoms with E-state index in [0.29, 0.717) is 24.5 Å². The second-order valence-electron chi connectivity index (χ2n) is 4.67. The van der Waals surface area contributed by atoms with Crippen LogP contribution in [0.3, 0.4) is 0 Å². The fourth-order valence-electron chi connectivity index (χ4n) is 2.27. The van der Waals surface area contributed by atoms with Crippen molar-refractivity contribution >= 4 is 28.5 Å². The number of ether oxygens (including phenoxy) is 1. The van der Waals surface area contributed by atoms with Crippen molar-refractivity contribution in [2.75, 3.05) is 24.3 Å². The van der Waals surface area contributed by atoms with Crippen molar-refractivity contribution in [1.82, 2.24) is 0 Å². The van der Waals surface area contributed by atoms with Crippen LogP contribution in [0, 0.1) is 11.7 Å². The van der Waals surface area contributed by atoms with Crippen LogP contribution in [-0.2, 0) is 9.59 Å². The van der Waals surface area contributed by atoms with Crippen LogP contribution >= 0.6 is 11.8 Å². The van der Waals surface area contributed by atoms with E-state index in [9.17, 15) is 14.0 Å². The van der Waals surface area contributed by atoms with E-state index in [-0.39, 0.29) is 22.6 Å². The van der Waals surface area contributed by atoms with Crippen LogP contribution in [0.5, 0.6) is 5.75 Å². The van der Waals surface area contributed by atoms with Gasteiger partial charge >= 0.3 is 0 Å². The Balaban J connectivity index is 2.18. The van der Waals surface area contributed by atoms with Crippen LogP contribution in [-0.4, -0.2) is 30.4 Å². The molecule has 2 rings (SSSR count). The Hall–Kier alpha value is -1.56. The molecule has 0 aliphatic carbocycles. The summed E-state index contributed by atoms with van der Waals surface area (Å²) in [5.74, 6) is 0.369. The van der Waals surface area contributed by atoms with Gasteiger partial charge in [-0.05, 0) is 18.1 Å². The van der Waals surface area contributed by atoms with E-state index in [2.05, 4.69) is 0 Å². The maximum absolute atomic E-state index is 14.0. The molecule has 1 amide bonds. The zero-order valence-corrected chi connectivity index (χ0v) is 12.2. The lowest BCUT2D eigenvalue weighted by molar-refractivity contribution is -0.117. The summed E-state index contributed by atoms with van der Waals surface area (Å²) < 4.78 is 19.1. The lowest BCUT2D eigenvalue weighted by atomic mass is 10.1. The number of carbonyl (C=O) groups excluding carboxylic acids is 2. The summed E-state index contributed by atoms with van der Waals surface area (Å²) in [5, 5.41) is 0.0272. The molecule has 0 aromatic heterocycles. The van der Waals surface area contributed by atoms with Crippen molar-refractivity contribution in [2.45, 2.75) is 13.3 Å². The monoisotopic (exact) mass is 297 g/mol. The summed E-state index contributed by atoms with van der Waals surface area (Å²) in [4.78, 5) is 24.4. The van der Waals surface area contributed by atoms with E-state index in [1.807, 2.05) is 0 Å². The van der Waals surface area contributed by atoms with Crippen LogP contribution in [0.15, 0.2) is 18.2 Å². The zero-order valence-electron chi connectivity index (χ0n) is 11.4. The molecule has 0 spiro atoms. The molecular formula is C14H16FNO3S. The van der Waals surface area contributed by atoms with Crippen molar-refractivity contribution in [2.24, 2.45) is 5.92 Å². The Morgan fingerprint density at radius 2 is 2.30 bits per heavy atom. The third-order valence-electron chi connectivity index (χ3n) is 3.17. The van der Waals surface area contributed by atoms with E-state index in [4.69, 9.17) is 4.74 Å². The Bertz CT molecular complexity index is 535. The molecule has 1 heterocycles. The first-order chi connectivity index (χ1) is 9.52. The predicted octanol–water partition coefficient (Wildman–Crippen LogP) is 2.47. The van der Waals surface area contributed by atoms with Gasteiger partial charge in [0.2, 0.25) is 5.91 Å². The lowest BCUT2D eigenvalue weighted by Gasteiger charge is -2.20. The molecular weight excluding hydrogens is 281 g/mol. The first kappa shape index (κ1) is 14.8. The van der Waals surface area contributed by atoms with E-state index >= 15 is 0 Å². The Morgan fingerprint density at radius 3 is 2.95 bits per heavy atom. The Kier molecular flexibility index (Phi) is 4.65. The standard InChI is InChI=1S/C14H16FNO3S/c1-9(17)20-8-10-6-13(18)16(7-10)14-11(15)4-3-5-12(14)19-2/h3-5,10H,6-8H2,1-2H3. The molecule has 0 bridgehead atoms. The average molecular weight is 297 g/mol. The highest BCUT2D eigenvalue weighted by molar-refractivity contribution is 8.13. The molecule has 0 radical (unpaired) electrons. The molecule has 1 aliphatic heterocycles. The van der Waals surface area contributed by atoms with E-state index < -0.39 is 5.82 Å². The van der Waals surface area contributed by atoms with Gasteiger partial charge in [-0.15, -0.1) is 0 Å². The molecule has 1 saturated heterocycles. The summed E-state index contributed by atoms with van der Waals surface area (Å²) in [6.45, 7) is 1.91. The topological polar surface area (TPSA) is 46.6 Å². The number of methoxy groups -OCH3 is 1. The Morgan fingerprint density at radius 1 is 1.55 bits per heavy atom. The number of thioether (sulfide) groups is 1. The number of para-hydroxylation sites is 1. The number of benzene rings is 1. The predicted molar refractivity (Wildman–Crippen MR) is 76.6 cm³/mol. The fraction of sp³-hybridized carbons (Fsp3) is 0.429. The summed E-state index contributed by atoms with van der Waals surface area (Å²) >= 11 is 1.20. The number of carbonyl (C=O) groups is 2. The van der Waals surface area contributed by atoms with Crippen molar-refractivity contribution in [3.8, 4) is 5.75 Å². The van der Waals surface area contributed by atoms with E-state index in [0.717, 1.165) is 0 Å². The minimum atomic E-state index is -0.474. The third-order valence-corrected chi connectivity index (χ3v) is 4.21. The number of amides is 1. The number of rotatable bonds is 4. The first-order valence-corrected chi connectivity index (χ1v) is 7.27. The van der Waals surface area contributed by atoms with Crippen molar-refractivity contribution in [3.05, 3.63) is 24.0 Å². The van der Waals surface area contributed by atoms with E-state index in [1.165, 1.54) is 36.8 Å². The molecule has 20 heavy (non-hydrogen) atoms. The summed E-state index contributed by atoms with van der Waals surface area (Å²) in [6.07, 6.45) is 0.331. The molecule has 108 valence electrons. The van der Waals surface area contributed by atoms with Gasteiger partial charge in [-0.25, -0.2) is 4.39 Å². The van der Waals surface area contributed by atoms with E-state index in [1.54, 1.807) is 12.1 Å². The number of nitrogens with zero attached hydrogens (tertiary/aromatic N) is 1. The normalized spacial score (nSPS) is 18.4. The SMILES string of the molecule is COc1cccc(F)c1N1CC(CSC(C)=O)CC1=O. The van der Waals surface area contributed by atoms with Gasteiger partial charge in [0.25, 0.3) is 0 Å². The second kappa shape index (κ2) is 6.26. The maximum atomic E-state index is 14.0. The highest BCUT2D eigenvalue weighted by Gasteiger charge is 2.33. The summed E-state index contributed by atoms with van der Waals surface area (Å²) in [7, 11) is 1.45. The zero-order chi connectivity index (χ0) is 14.7. The van der Waals surface area contributed by atoms with Gasteiger partial charge in [0.1, 0.15) is 11.4 Å². The largest absolute Gasteiger partial charge is 0.494 e. The average Bonchev–Trinajstić information content (AvgIpc) is 2.77. The highest BCUT2D eigenvalue weighted by atomic mass is 32.2. The molecule has 1 atom stereocenters. The van der Waals surface area contributed by atoms with Gasteiger partial charge in [-0.2, -0.15) is 0 Å². The van der Waals surface area contributed by atoms with Crippen molar-refractivity contribution in [3.63, 3.8) is 0 Å². The van der Waals surface area contributed by atoms with Crippen molar-refractivity contribution in [1.29, 1.82) is 0 Å². The maximum Gasteiger partial charge on any atom is 0.227 e. The number of hydrogen-bond acceptors (Lipinski definition) is 4. The smallest absolute Gasteiger partial charge is 0.227 e. The molecule has 1 fully saturated rings. The first-order valence-electron chi connectivity index (χ1n) is 6.29.